The van der Waals surface area contributed by atoms with E-state index in [0.29, 0.717) is 6.42 Å². The molecular formula is C10H13NO2S. The lowest BCUT2D eigenvalue weighted by Gasteiger charge is -2.08. The Kier molecular flexibility index (Phi) is 3.98. The maximum Gasteiger partial charge on any atom is 0.205 e. The molecule has 0 fully saturated rings. The first-order chi connectivity index (χ1) is 6.63. The van der Waals surface area contributed by atoms with E-state index < -0.39 is 6.04 Å². The molecule has 76 valence electrons. The van der Waals surface area contributed by atoms with Gasteiger partial charge in [-0.2, -0.15) is 0 Å². The first kappa shape index (κ1) is 11.1. The van der Waals surface area contributed by atoms with Crippen LogP contribution in [-0.4, -0.2) is 22.5 Å². The van der Waals surface area contributed by atoms with Crippen LogP contribution in [0.1, 0.15) is 5.56 Å². The number of benzene rings is 1. The second kappa shape index (κ2) is 5.02. The lowest BCUT2D eigenvalue weighted by atomic mass is 10.1. The molecule has 0 amide bonds. The van der Waals surface area contributed by atoms with E-state index >= 15 is 0 Å². The van der Waals surface area contributed by atoms with Crippen LogP contribution >= 0.6 is 11.8 Å². The molecule has 1 atom stereocenters. The fourth-order valence-electron chi connectivity index (χ4n) is 1.12. The summed E-state index contributed by atoms with van der Waals surface area (Å²) in [6.45, 7) is 0. The lowest BCUT2D eigenvalue weighted by Crippen LogP contribution is -2.30. The van der Waals surface area contributed by atoms with Crippen molar-refractivity contribution in [2.24, 2.45) is 5.73 Å². The Morgan fingerprint density at radius 1 is 1.50 bits per heavy atom. The molecule has 1 rings (SSSR count). The second-order valence-corrected chi connectivity index (χ2v) is 3.81. The second-order valence-electron chi connectivity index (χ2n) is 3.00. The Labute approximate surface area is 87.3 Å². The lowest BCUT2D eigenvalue weighted by molar-refractivity contribution is -0.112. The highest BCUT2D eigenvalue weighted by atomic mass is 32.2. The van der Waals surface area contributed by atoms with Gasteiger partial charge in [-0.25, -0.2) is 0 Å². The summed E-state index contributed by atoms with van der Waals surface area (Å²) in [7, 11) is 0. The van der Waals surface area contributed by atoms with Crippen LogP contribution in [0.3, 0.4) is 0 Å². The van der Waals surface area contributed by atoms with E-state index in [0.717, 1.165) is 17.3 Å². The topological polar surface area (TPSA) is 63.3 Å². The molecule has 0 heterocycles. The summed E-state index contributed by atoms with van der Waals surface area (Å²) in [6, 6.07) is 6.25. The van der Waals surface area contributed by atoms with Crippen molar-refractivity contribution in [3.63, 3.8) is 0 Å². The van der Waals surface area contributed by atoms with E-state index in [2.05, 4.69) is 0 Å². The first-order valence-electron chi connectivity index (χ1n) is 4.25. The van der Waals surface area contributed by atoms with Crippen molar-refractivity contribution in [3.05, 3.63) is 29.8 Å². The quantitative estimate of drug-likeness (QED) is 0.787. The van der Waals surface area contributed by atoms with Gasteiger partial charge in [-0.05, 0) is 30.4 Å². The summed E-state index contributed by atoms with van der Waals surface area (Å²) in [4.78, 5) is 11.2. The summed E-state index contributed by atoms with van der Waals surface area (Å²) >= 11 is 1.14. The molecule has 0 aliphatic carbocycles. The molecule has 0 aliphatic heterocycles. The molecule has 1 aromatic rings. The zero-order chi connectivity index (χ0) is 10.6. The number of phenolic OH excluding ortho intramolecular Hbond substituents is 1. The first-order valence-corrected chi connectivity index (χ1v) is 5.47. The Bertz CT molecular complexity index is 310. The predicted octanol–water partition coefficient (Wildman–Crippen LogP) is 1.15. The molecule has 0 aliphatic rings. The maximum absolute atomic E-state index is 11.2. The van der Waals surface area contributed by atoms with Crippen LogP contribution in [0.4, 0.5) is 0 Å². The number of phenols is 1. The SMILES string of the molecule is CSC(=O)[C@@H](N)Cc1ccc(O)cc1. The summed E-state index contributed by atoms with van der Waals surface area (Å²) < 4.78 is 0. The molecule has 0 saturated heterocycles. The van der Waals surface area contributed by atoms with Crippen molar-refractivity contribution in [3.8, 4) is 5.75 Å². The van der Waals surface area contributed by atoms with Gasteiger partial charge < -0.3 is 10.8 Å². The number of carbonyl (C=O) groups excluding carboxylic acids is 1. The van der Waals surface area contributed by atoms with Gasteiger partial charge in [-0.1, -0.05) is 23.9 Å². The molecular weight excluding hydrogens is 198 g/mol. The van der Waals surface area contributed by atoms with E-state index in [1.54, 1.807) is 30.5 Å². The third-order valence-electron chi connectivity index (χ3n) is 1.90. The minimum absolute atomic E-state index is 0.0157. The van der Waals surface area contributed by atoms with Gasteiger partial charge in [0, 0.05) is 0 Å². The molecule has 0 bridgehead atoms. The summed E-state index contributed by atoms with van der Waals surface area (Å²) in [6.07, 6.45) is 2.24. The van der Waals surface area contributed by atoms with Gasteiger partial charge in [0.05, 0.1) is 6.04 Å². The molecule has 3 nitrogen and oxygen atoms in total. The molecule has 0 spiro atoms. The standard InChI is InChI=1S/C10H13NO2S/c1-14-10(13)9(11)6-7-2-4-8(12)5-3-7/h2-5,9,12H,6,11H2,1H3/t9-/m0/s1. The average molecular weight is 211 g/mol. The Balaban J connectivity index is 2.60. The molecule has 0 radical (unpaired) electrons. The Morgan fingerprint density at radius 3 is 2.57 bits per heavy atom. The van der Waals surface area contributed by atoms with Gasteiger partial charge in [0.1, 0.15) is 5.75 Å². The highest BCUT2D eigenvalue weighted by molar-refractivity contribution is 8.13. The van der Waals surface area contributed by atoms with Crippen LogP contribution in [0, 0.1) is 0 Å². The van der Waals surface area contributed by atoms with Gasteiger partial charge >= 0.3 is 0 Å². The number of hydrogen-bond acceptors (Lipinski definition) is 4. The predicted molar refractivity (Wildman–Crippen MR) is 58.3 cm³/mol. The third kappa shape index (κ3) is 3.05. The fourth-order valence-corrected chi connectivity index (χ4v) is 1.51. The van der Waals surface area contributed by atoms with Crippen LogP contribution in [0.2, 0.25) is 0 Å². The summed E-state index contributed by atoms with van der Waals surface area (Å²) in [5, 5.41) is 9.03. The number of rotatable bonds is 3. The molecule has 3 N–H and O–H groups in total. The van der Waals surface area contributed by atoms with Gasteiger partial charge in [0.15, 0.2) is 0 Å². The van der Waals surface area contributed by atoms with Crippen molar-refractivity contribution in [2.75, 3.05) is 6.26 Å². The van der Waals surface area contributed by atoms with Crippen LogP contribution in [0.15, 0.2) is 24.3 Å². The van der Waals surface area contributed by atoms with Crippen LogP contribution < -0.4 is 5.73 Å². The van der Waals surface area contributed by atoms with Crippen LogP contribution in [0.25, 0.3) is 0 Å². The minimum Gasteiger partial charge on any atom is -0.508 e. The van der Waals surface area contributed by atoms with Crippen molar-refractivity contribution < 1.29 is 9.90 Å². The van der Waals surface area contributed by atoms with Gasteiger partial charge in [-0.3, -0.25) is 4.79 Å². The number of carbonyl (C=O) groups is 1. The van der Waals surface area contributed by atoms with Crippen molar-refractivity contribution in [1.82, 2.24) is 0 Å². The van der Waals surface area contributed by atoms with E-state index in [-0.39, 0.29) is 10.9 Å². The number of nitrogens with two attached hydrogens (primary N) is 1. The van der Waals surface area contributed by atoms with E-state index in [9.17, 15) is 4.79 Å². The molecule has 1 aromatic carbocycles. The summed E-state index contributed by atoms with van der Waals surface area (Å²) in [5.41, 5.74) is 6.62. The highest BCUT2D eigenvalue weighted by Crippen LogP contribution is 2.12. The van der Waals surface area contributed by atoms with Gasteiger partial charge in [0.25, 0.3) is 0 Å². The van der Waals surface area contributed by atoms with Gasteiger partial charge in [-0.15, -0.1) is 0 Å². The third-order valence-corrected chi connectivity index (χ3v) is 2.60. The molecule has 0 saturated carbocycles. The molecule has 0 aromatic heterocycles. The van der Waals surface area contributed by atoms with Crippen molar-refractivity contribution in [1.29, 1.82) is 0 Å². The zero-order valence-electron chi connectivity index (χ0n) is 7.93. The molecule has 0 unspecified atom stereocenters. The molecule has 4 heteroatoms. The zero-order valence-corrected chi connectivity index (χ0v) is 8.75. The monoisotopic (exact) mass is 211 g/mol. The van der Waals surface area contributed by atoms with E-state index in [4.69, 9.17) is 10.8 Å². The van der Waals surface area contributed by atoms with Crippen molar-refractivity contribution >= 4 is 16.9 Å². The Hall–Kier alpha value is -1.00. The van der Waals surface area contributed by atoms with Crippen molar-refractivity contribution in [2.45, 2.75) is 12.5 Å². The normalized spacial score (nSPS) is 12.4. The molecule has 14 heavy (non-hydrogen) atoms. The van der Waals surface area contributed by atoms with E-state index in [1.165, 1.54) is 0 Å². The van der Waals surface area contributed by atoms with E-state index in [1.807, 2.05) is 0 Å². The maximum atomic E-state index is 11.2. The fraction of sp³-hybridized carbons (Fsp3) is 0.300. The van der Waals surface area contributed by atoms with Crippen LogP contribution in [0.5, 0.6) is 5.75 Å². The largest absolute Gasteiger partial charge is 0.508 e. The van der Waals surface area contributed by atoms with Crippen LogP contribution in [-0.2, 0) is 11.2 Å². The average Bonchev–Trinajstić information content (AvgIpc) is 2.20. The Morgan fingerprint density at radius 2 is 2.07 bits per heavy atom. The number of hydrogen-bond donors (Lipinski definition) is 2. The minimum atomic E-state index is -0.463. The number of aromatic hydroxyl groups is 1. The number of thioether (sulfide) groups is 1. The summed E-state index contributed by atoms with van der Waals surface area (Å²) in [5.74, 6) is 0.221. The van der Waals surface area contributed by atoms with Gasteiger partial charge in [0.2, 0.25) is 5.12 Å². The highest BCUT2D eigenvalue weighted by Gasteiger charge is 2.12. The smallest absolute Gasteiger partial charge is 0.205 e.